The Morgan fingerprint density at radius 2 is 1.79 bits per heavy atom. The summed E-state index contributed by atoms with van der Waals surface area (Å²) in [5.41, 5.74) is 1.46. The fourth-order valence-electron chi connectivity index (χ4n) is 1.56. The molecule has 0 fully saturated rings. The summed E-state index contributed by atoms with van der Waals surface area (Å²) in [6, 6.07) is 9.46. The fourth-order valence-corrected chi connectivity index (χ4v) is 1.85. The van der Waals surface area contributed by atoms with Gasteiger partial charge in [-0.3, -0.25) is 4.79 Å². The largest absolute Gasteiger partial charge is 0.506 e. The van der Waals surface area contributed by atoms with Crippen LogP contribution in [0.15, 0.2) is 36.4 Å². The van der Waals surface area contributed by atoms with Crippen molar-refractivity contribution < 1.29 is 9.90 Å². The molecule has 19 heavy (non-hydrogen) atoms. The van der Waals surface area contributed by atoms with Crippen molar-refractivity contribution >= 4 is 34.8 Å². The van der Waals surface area contributed by atoms with Crippen LogP contribution in [0.25, 0.3) is 0 Å². The molecule has 2 aromatic rings. The molecular formula is C14H11Cl2NO2. The SMILES string of the molecule is Cc1cc(O)c(NC(=O)c2ccc(Cl)cc2)cc1Cl. The van der Waals surface area contributed by atoms with Gasteiger partial charge in [-0.1, -0.05) is 23.2 Å². The van der Waals surface area contributed by atoms with E-state index >= 15 is 0 Å². The van der Waals surface area contributed by atoms with Gasteiger partial charge in [-0.05, 0) is 48.9 Å². The van der Waals surface area contributed by atoms with E-state index in [1.165, 1.54) is 12.1 Å². The van der Waals surface area contributed by atoms with Crippen molar-refractivity contribution in [2.24, 2.45) is 0 Å². The van der Waals surface area contributed by atoms with Gasteiger partial charge in [0.2, 0.25) is 0 Å². The zero-order valence-electron chi connectivity index (χ0n) is 10.1. The monoisotopic (exact) mass is 295 g/mol. The second-order valence-electron chi connectivity index (χ2n) is 4.08. The van der Waals surface area contributed by atoms with Crippen molar-refractivity contribution in [2.45, 2.75) is 6.92 Å². The molecule has 1 amide bonds. The number of aromatic hydroxyl groups is 1. The number of benzene rings is 2. The first kappa shape index (κ1) is 13.7. The first-order valence-corrected chi connectivity index (χ1v) is 6.29. The Kier molecular flexibility index (Phi) is 3.98. The second kappa shape index (κ2) is 5.51. The van der Waals surface area contributed by atoms with Crippen LogP contribution in [0, 0.1) is 6.92 Å². The number of anilines is 1. The molecule has 0 saturated carbocycles. The second-order valence-corrected chi connectivity index (χ2v) is 4.92. The molecule has 3 nitrogen and oxygen atoms in total. The minimum Gasteiger partial charge on any atom is -0.506 e. The molecule has 98 valence electrons. The Morgan fingerprint density at radius 3 is 2.42 bits per heavy atom. The molecule has 0 unspecified atom stereocenters. The third kappa shape index (κ3) is 3.19. The average Bonchev–Trinajstić information content (AvgIpc) is 2.36. The van der Waals surface area contributed by atoms with Crippen LogP contribution in [0.3, 0.4) is 0 Å². The summed E-state index contributed by atoms with van der Waals surface area (Å²) in [7, 11) is 0. The van der Waals surface area contributed by atoms with Gasteiger partial charge >= 0.3 is 0 Å². The molecular weight excluding hydrogens is 285 g/mol. The summed E-state index contributed by atoms with van der Waals surface area (Å²) < 4.78 is 0. The van der Waals surface area contributed by atoms with Crippen LogP contribution in [-0.4, -0.2) is 11.0 Å². The maximum atomic E-state index is 12.0. The molecule has 2 N–H and O–H groups in total. The van der Waals surface area contributed by atoms with Gasteiger partial charge in [0.25, 0.3) is 5.91 Å². The maximum absolute atomic E-state index is 12.0. The Hall–Kier alpha value is -1.71. The van der Waals surface area contributed by atoms with Gasteiger partial charge in [0.05, 0.1) is 5.69 Å². The zero-order chi connectivity index (χ0) is 14.0. The smallest absolute Gasteiger partial charge is 0.255 e. The first-order valence-electron chi connectivity index (χ1n) is 5.53. The average molecular weight is 296 g/mol. The van der Waals surface area contributed by atoms with Crippen LogP contribution in [-0.2, 0) is 0 Å². The molecule has 0 radical (unpaired) electrons. The van der Waals surface area contributed by atoms with E-state index < -0.39 is 0 Å². The number of nitrogens with one attached hydrogen (secondary N) is 1. The number of phenolic OH excluding ortho intramolecular Hbond substituents is 1. The van der Waals surface area contributed by atoms with Crippen LogP contribution in [0.4, 0.5) is 5.69 Å². The highest BCUT2D eigenvalue weighted by Gasteiger charge is 2.10. The molecule has 0 saturated heterocycles. The van der Waals surface area contributed by atoms with Gasteiger partial charge in [-0.25, -0.2) is 0 Å². The number of amides is 1. The predicted molar refractivity (Wildman–Crippen MR) is 77.3 cm³/mol. The number of carbonyl (C=O) groups excluding carboxylic acids is 1. The van der Waals surface area contributed by atoms with Gasteiger partial charge in [-0.2, -0.15) is 0 Å². The van der Waals surface area contributed by atoms with E-state index in [1.807, 2.05) is 0 Å². The lowest BCUT2D eigenvalue weighted by Gasteiger charge is -2.09. The molecule has 0 aliphatic rings. The lowest BCUT2D eigenvalue weighted by molar-refractivity contribution is 0.102. The van der Waals surface area contributed by atoms with Crippen molar-refractivity contribution in [3.05, 3.63) is 57.6 Å². The van der Waals surface area contributed by atoms with Crippen LogP contribution < -0.4 is 5.32 Å². The Balaban J connectivity index is 2.24. The molecule has 0 aromatic heterocycles. The topological polar surface area (TPSA) is 49.3 Å². The van der Waals surface area contributed by atoms with Crippen molar-refractivity contribution in [3.8, 4) is 5.75 Å². The highest BCUT2D eigenvalue weighted by atomic mass is 35.5. The quantitative estimate of drug-likeness (QED) is 0.813. The third-order valence-corrected chi connectivity index (χ3v) is 3.29. The number of phenols is 1. The van der Waals surface area contributed by atoms with Gasteiger partial charge in [0.15, 0.2) is 0 Å². The first-order chi connectivity index (χ1) is 8.97. The Morgan fingerprint density at radius 1 is 1.16 bits per heavy atom. The van der Waals surface area contributed by atoms with E-state index in [-0.39, 0.29) is 17.3 Å². The van der Waals surface area contributed by atoms with Crippen molar-refractivity contribution in [1.29, 1.82) is 0 Å². The van der Waals surface area contributed by atoms with Crippen LogP contribution in [0.1, 0.15) is 15.9 Å². The number of hydrogen-bond donors (Lipinski definition) is 2. The highest BCUT2D eigenvalue weighted by Crippen LogP contribution is 2.30. The summed E-state index contributed by atoms with van der Waals surface area (Å²) in [6.07, 6.45) is 0. The molecule has 0 bridgehead atoms. The molecule has 0 aliphatic carbocycles. The normalized spacial score (nSPS) is 10.3. The van der Waals surface area contributed by atoms with Crippen LogP contribution in [0.2, 0.25) is 10.0 Å². The van der Waals surface area contributed by atoms with Crippen LogP contribution >= 0.6 is 23.2 Å². The van der Waals surface area contributed by atoms with Crippen molar-refractivity contribution in [1.82, 2.24) is 0 Å². The molecule has 2 aromatic carbocycles. The maximum Gasteiger partial charge on any atom is 0.255 e. The standard InChI is InChI=1S/C14H11Cl2NO2/c1-8-6-13(18)12(7-11(8)16)17-14(19)9-2-4-10(15)5-3-9/h2-7,18H,1H3,(H,17,19). The molecule has 0 spiro atoms. The Bertz CT molecular complexity index is 624. The lowest BCUT2D eigenvalue weighted by atomic mass is 10.2. The minimum absolute atomic E-state index is 0.0239. The van der Waals surface area contributed by atoms with Gasteiger partial charge in [0, 0.05) is 15.6 Å². The van der Waals surface area contributed by atoms with Crippen LogP contribution in [0.5, 0.6) is 5.75 Å². The summed E-state index contributed by atoms with van der Waals surface area (Å²) in [5.74, 6) is -0.365. The summed E-state index contributed by atoms with van der Waals surface area (Å²) in [5, 5.41) is 13.4. The Labute approximate surface area is 120 Å². The molecule has 2 rings (SSSR count). The van der Waals surface area contributed by atoms with Crippen molar-refractivity contribution in [3.63, 3.8) is 0 Å². The molecule has 5 heteroatoms. The summed E-state index contributed by atoms with van der Waals surface area (Å²) in [6.45, 7) is 1.77. The molecule has 0 aliphatic heterocycles. The number of rotatable bonds is 2. The van der Waals surface area contributed by atoms with Gasteiger partial charge in [-0.15, -0.1) is 0 Å². The van der Waals surface area contributed by atoms with Gasteiger partial charge < -0.3 is 10.4 Å². The van der Waals surface area contributed by atoms with E-state index in [0.29, 0.717) is 15.6 Å². The fraction of sp³-hybridized carbons (Fsp3) is 0.0714. The number of hydrogen-bond acceptors (Lipinski definition) is 2. The van der Waals surface area contributed by atoms with E-state index in [9.17, 15) is 9.90 Å². The van der Waals surface area contributed by atoms with E-state index in [0.717, 1.165) is 5.56 Å². The molecule has 0 atom stereocenters. The van der Waals surface area contributed by atoms with E-state index in [1.54, 1.807) is 31.2 Å². The van der Waals surface area contributed by atoms with E-state index in [2.05, 4.69) is 5.32 Å². The summed E-state index contributed by atoms with van der Waals surface area (Å²) >= 11 is 11.7. The number of halogens is 2. The van der Waals surface area contributed by atoms with E-state index in [4.69, 9.17) is 23.2 Å². The number of carbonyl (C=O) groups is 1. The predicted octanol–water partition coefficient (Wildman–Crippen LogP) is 4.26. The van der Waals surface area contributed by atoms with Crippen molar-refractivity contribution in [2.75, 3.05) is 5.32 Å². The molecule has 0 heterocycles. The summed E-state index contributed by atoms with van der Waals surface area (Å²) in [4.78, 5) is 12.0. The minimum atomic E-state index is -0.341. The lowest BCUT2D eigenvalue weighted by Crippen LogP contribution is -2.11. The highest BCUT2D eigenvalue weighted by molar-refractivity contribution is 6.32. The zero-order valence-corrected chi connectivity index (χ0v) is 11.6. The van der Waals surface area contributed by atoms with Gasteiger partial charge in [0.1, 0.15) is 5.75 Å². The third-order valence-electron chi connectivity index (χ3n) is 2.63. The number of aryl methyl sites for hydroxylation is 1.